The fraction of sp³-hybridized carbons (Fsp3) is 0.173. The van der Waals surface area contributed by atoms with Crippen LogP contribution in [0.5, 0.6) is 0 Å². The van der Waals surface area contributed by atoms with Crippen molar-refractivity contribution >= 4 is 44.2 Å². The van der Waals surface area contributed by atoms with Crippen LogP contribution in [0.15, 0.2) is 182 Å². The van der Waals surface area contributed by atoms with E-state index in [1.54, 1.807) is 0 Å². The Balaban J connectivity index is 1.31. The molecule has 0 radical (unpaired) electrons. The highest BCUT2D eigenvalue weighted by Crippen LogP contribution is 2.54. The minimum absolute atomic E-state index is 0.211. The molecule has 54 heavy (non-hydrogen) atoms. The third-order valence-corrected chi connectivity index (χ3v) is 12.1. The van der Waals surface area contributed by atoms with Crippen LogP contribution in [0.3, 0.4) is 0 Å². The van der Waals surface area contributed by atoms with Crippen LogP contribution in [-0.4, -0.2) is 10.3 Å². The Hall–Kier alpha value is -5.99. The summed E-state index contributed by atoms with van der Waals surface area (Å²) in [5.41, 5.74) is 12.6. The van der Waals surface area contributed by atoms with E-state index in [1.165, 1.54) is 77.7 Å². The molecular weight excluding hydrogens is 653 g/mol. The molecule has 0 aliphatic carbocycles. The van der Waals surface area contributed by atoms with Crippen LogP contribution in [0.2, 0.25) is 0 Å². The van der Waals surface area contributed by atoms with E-state index in [9.17, 15) is 0 Å². The van der Waals surface area contributed by atoms with Crippen molar-refractivity contribution in [3.05, 3.63) is 209 Å². The lowest BCUT2D eigenvalue weighted by Gasteiger charge is -2.30. The van der Waals surface area contributed by atoms with E-state index in [-0.39, 0.29) is 10.8 Å². The Bertz CT molecular complexity index is 2610. The zero-order valence-electron chi connectivity index (χ0n) is 31.8. The zero-order chi connectivity index (χ0) is 36.9. The van der Waals surface area contributed by atoms with Crippen LogP contribution in [-0.2, 0) is 23.9 Å². The highest BCUT2D eigenvalue weighted by atomic mass is 15.2. The lowest BCUT2D eigenvalue weighted by molar-refractivity contribution is -0.454. The van der Waals surface area contributed by atoms with Crippen molar-refractivity contribution in [1.82, 2.24) is 0 Å². The van der Waals surface area contributed by atoms with Crippen molar-refractivity contribution in [2.24, 2.45) is 0 Å². The number of allylic oxidation sites excluding steroid dienone is 4. The number of hydrogen-bond acceptors (Lipinski definition) is 1. The summed E-state index contributed by atoms with van der Waals surface area (Å²) >= 11 is 0. The van der Waals surface area contributed by atoms with Gasteiger partial charge in [0, 0.05) is 46.6 Å². The van der Waals surface area contributed by atoms with Crippen LogP contribution in [0.25, 0.3) is 27.1 Å². The van der Waals surface area contributed by atoms with Crippen LogP contribution in [0.4, 0.5) is 11.4 Å². The monoisotopic (exact) mass is 699 g/mol. The van der Waals surface area contributed by atoms with Gasteiger partial charge in [0.05, 0.1) is 5.41 Å². The molecule has 1 atom stereocenters. The maximum Gasteiger partial charge on any atom is 0.210 e. The smallest absolute Gasteiger partial charge is 0.210 e. The van der Waals surface area contributed by atoms with E-state index >= 15 is 0 Å². The van der Waals surface area contributed by atoms with Crippen molar-refractivity contribution in [3.63, 3.8) is 0 Å². The first-order valence-corrected chi connectivity index (χ1v) is 19.4. The highest BCUT2D eigenvalue weighted by Gasteiger charge is 2.47. The molecule has 0 aromatic heterocycles. The molecule has 0 fully saturated rings. The summed E-state index contributed by atoms with van der Waals surface area (Å²) in [4.78, 5) is 2.60. The molecule has 0 bridgehead atoms. The van der Waals surface area contributed by atoms with Gasteiger partial charge in [0.2, 0.25) is 5.69 Å². The number of anilines is 1. The molecule has 264 valence electrons. The second-order valence-corrected chi connectivity index (χ2v) is 15.7. The van der Waals surface area contributed by atoms with Crippen molar-refractivity contribution in [1.29, 1.82) is 0 Å². The van der Waals surface area contributed by atoms with Gasteiger partial charge in [0.1, 0.15) is 0 Å². The minimum atomic E-state index is -0.254. The number of fused-ring (bicyclic) bond motifs is 6. The van der Waals surface area contributed by atoms with Gasteiger partial charge in [-0.1, -0.05) is 153 Å². The first-order chi connectivity index (χ1) is 26.4. The van der Waals surface area contributed by atoms with Crippen molar-refractivity contribution < 1.29 is 4.58 Å². The number of benzene rings is 7. The van der Waals surface area contributed by atoms with Crippen LogP contribution >= 0.6 is 0 Å². The van der Waals surface area contributed by atoms with Gasteiger partial charge in [-0.3, -0.25) is 0 Å². The quantitative estimate of drug-likeness (QED) is 0.143. The predicted molar refractivity (Wildman–Crippen MR) is 229 cm³/mol. The van der Waals surface area contributed by atoms with E-state index < -0.39 is 0 Å². The van der Waals surface area contributed by atoms with Gasteiger partial charge in [0.15, 0.2) is 12.3 Å². The third kappa shape index (κ3) is 5.60. The summed E-state index contributed by atoms with van der Waals surface area (Å²) in [5.74, 6) is 0. The molecule has 2 nitrogen and oxygen atoms in total. The summed E-state index contributed by atoms with van der Waals surface area (Å²) in [6.07, 6.45) is 6.02. The van der Waals surface area contributed by atoms with E-state index in [0.29, 0.717) is 0 Å². The maximum atomic E-state index is 2.60. The largest absolute Gasteiger partial charge is 0.339 e. The molecule has 0 spiro atoms. The summed E-state index contributed by atoms with van der Waals surface area (Å²) in [7, 11) is 0. The predicted octanol–water partition coefficient (Wildman–Crippen LogP) is 12.9. The van der Waals surface area contributed by atoms with Gasteiger partial charge in [-0.15, -0.1) is 0 Å². The third-order valence-electron chi connectivity index (χ3n) is 12.1. The highest BCUT2D eigenvalue weighted by molar-refractivity contribution is 6.11. The number of rotatable bonds is 8. The summed E-state index contributed by atoms with van der Waals surface area (Å²) < 4.78 is 2.58. The molecule has 9 rings (SSSR count). The van der Waals surface area contributed by atoms with Crippen molar-refractivity contribution in [2.75, 3.05) is 4.90 Å². The SMILES string of the molecule is CCC1(C)/C(=C\C(=C\C2=[N+](Cc3ccccc3)c3ccc4ccccc4c3C2(C)C)c2ccccc2)N(Cc2ccccc2)c2ccc3ccccc3c21. The van der Waals surface area contributed by atoms with Crippen molar-refractivity contribution in [3.8, 4) is 0 Å². The lowest BCUT2D eigenvalue weighted by atomic mass is 9.76. The molecule has 0 saturated carbocycles. The second kappa shape index (κ2) is 13.5. The lowest BCUT2D eigenvalue weighted by Crippen LogP contribution is -2.29. The zero-order valence-corrected chi connectivity index (χ0v) is 31.8. The van der Waals surface area contributed by atoms with E-state index in [4.69, 9.17) is 0 Å². The van der Waals surface area contributed by atoms with Crippen molar-refractivity contribution in [2.45, 2.75) is 58.0 Å². The van der Waals surface area contributed by atoms with Crippen LogP contribution in [0.1, 0.15) is 61.9 Å². The molecular formula is C52H47N2+. The Kier molecular flexibility index (Phi) is 8.43. The van der Waals surface area contributed by atoms with Crippen LogP contribution in [0, 0.1) is 0 Å². The summed E-state index contributed by atoms with van der Waals surface area (Å²) in [6, 6.07) is 60.0. The molecule has 2 aliphatic heterocycles. The van der Waals surface area contributed by atoms with Gasteiger partial charge in [-0.05, 0) is 89.2 Å². The van der Waals surface area contributed by atoms with Crippen LogP contribution < -0.4 is 4.90 Å². The normalized spacial score (nSPS) is 18.5. The van der Waals surface area contributed by atoms with E-state index in [0.717, 1.165) is 19.5 Å². The first kappa shape index (κ1) is 33.8. The molecule has 1 unspecified atom stereocenters. The van der Waals surface area contributed by atoms with Gasteiger partial charge < -0.3 is 4.90 Å². The molecule has 0 amide bonds. The van der Waals surface area contributed by atoms with Gasteiger partial charge in [0.25, 0.3) is 0 Å². The molecule has 2 aliphatic rings. The van der Waals surface area contributed by atoms with Gasteiger partial charge in [-0.25, -0.2) is 0 Å². The molecule has 2 heteroatoms. The fourth-order valence-electron chi connectivity index (χ4n) is 9.22. The standard InChI is InChI=1S/C52H47N2/c1-5-52(4)48(54(36-38-21-11-7-12-22-38)46-32-30-41-26-16-18-28-44(41)50(46)52)34-42(39-23-13-8-14-24-39)33-47-51(2,3)49-43-27-17-15-25-40(43)29-31-45(49)53(47)35-37-19-9-6-10-20-37/h6-34H,5,35-36H2,1-4H3/q+1. The first-order valence-electron chi connectivity index (χ1n) is 19.4. The number of hydrogen-bond donors (Lipinski definition) is 0. The Morgan fingerprint density at radius 3 is 1.80 bits per heavy atom. The average molecular weight is 700 g/mol. The van der Waals surface area contributed by atoms with E-state index in [1.807, 2.05) is 0 Å². The summed E-state index contributed by atoms with van der Waals surface area (Å²) in [6.45, 7) is 11.3. The Labute approximate surface area is 320 Å². The van der Waals surface area contributed by atoms with Gasteiger partial charge in [-0.2, -0.15) is 4.58 Å². The molecule has 0 saturated heterocycles. The molecule has 0 N–H and O–H groups in total. The van der Waals surface area contributed by atoms with E-state index in [2.05, 4.69) is 213 Å². The molecule has 7 aromatic carbocycles. The average Bonchev–Trinajstić information content (AvgIpc) is 3.58. The van der Waals surface area contributed by atoms with Gasteiger partial charge >= 0.3 is 0 Å². The second-order valence-electron chi connectivity index (χ2n) is 15.7. The summed E-state index contributed by atoms with van der Waals surface area (Å²) in [5, 5.41) is 5.24. The fourth-order valence-corrected chi connectivity index (χ4v) is 9.22. The number of nitrogens with zero attached hydrogens (tertiary/aromatic N) is 2. The molecule has 2 heterocycles. The Morgan fingerprint density at radius 1 is 0.593 bits per heavy atom. The molecule has 7 aromatic rings. The topological polar surface area (TPSA) is 6.25 Å². The maximum absolute atomic E-state index is 2.60. The Morgan fingerprint density at radius 2 is 1.15 bits per heavy atom. The minimum Gasteiger partial charge on any atom is -0.339 e.